The molecule has 1 atom stereocenters. The molecule has 0 bridgehead atoms. The minimum Gasteiger partial charge on any atom is -0.306 e. The molecule has 0 aliphatic rings. The highest BCUT2D eigenvalue weighted by molar-refractivity contribution is 5.38. The van der Waals surface area contributed by atoms with Crippen LogP contribution in [-0.2, 0) is 0 Å². The first-order valence-corrected chi connectivity index (χ1v) is 7.18. The van der Waals surface area contributed by atoms with Crippen molar-refractivity contribution in [1.82, 2.24) is 5.32 Å². The number of hydrogen-bond acceptors (Lipinski definition) is 1. The monoisotopic (exact) mass is 271 g/mol. The van der Waals surface area contributed by atoms with Crippen LogP contribution in [0.3, 0.4) is 0 Å². The highest BCUT2D eigenvalue weighted by Gasteiger charge is 2.18. The first-order valence-electron chi connectivity index (χ1n) is 7.18. The van der Waals surface area contributed by atoms with Crippen LogP contribution >= 0.6 is 0 Å². The summed E-state index contributed by atoms with van der Waals surface area (Å²) in [5.41, 5.74) is 3.99. The molecule has 2 aromatic carbocycles. The standard InChI is InChI=1S/C18H22FN/c1-4-11-20-18(15-8-6-5-7-14(15)3)16-10-9-13(2)12-17(16)19/h5-10,12,18,20H,4,11H2,1-3H3. The van der Waals surface area contributed by atoms with Gasteiger partial charge in [-0.2, -0.15) is 0 Å². The van der Waals surface area contributed by atoms with E-state index in [1.54, 1.807) is 6.07 Å². The van der Waals surface area contributed by atoms with Crippen molar-refractivity contribution in [3.05, 3.63) is 70.5 Å². The molecule has 0 heterocycles. The molecule has 2 heteroatoms. The van der Waals surface area contributed by atoms with Crippen molar-refractivity contribution in [3.8, 4) is 0 Å². The van der Waals surface area contributed by atoms with Crippen molar-refractivity contribution in [2.75, 3.05) is 6.54 Å². The second-order valence-electron chi connectivity index (χ2n) is 5.27. The molecule has 0 spiro atoms. The van der Waals surface area contributed by atoms with Crippen LogP contribution < -0.4 is 5.32 Å². The fourth-order valence-corrected chi connectivity index (χ4v) is 2.45. The molecular formula is C18H22FN. The summed E-state index contributed by atoms with van der Waals surface area (Å²) in [5, 5.41) is 3.46. The lowest BCUT2D eigenvalue weighted by Crippen LogP contribution is -2.24. The Balaban J connectivity index is 2.44. The van der Waals surface area contributed by atoms with Crippen LogP contribution in [0, 0.1) is 19.7 Å². The average molecular weight is 271 g/mol. The zero-order valence-electron chi connectivity index (χ0n) is 12.4. The molecule has 1 nitrogen and oxygen atoms in total. The van der Waals surface area contributed by atoms with E-state index in [0.717, 1.165) is 29.7 Å². The molecule has 0 saturated carbocycles. The predicted octanol–water partition coefficient (Wildman–Crippen LogP) is 4.53. The van der Waals surface area contributed by atoms with Gasteiger partial charge in [0.25, 0.3) is 0 Å². The van der Waals surface area contributed by atoms with Gasteiger partial charge in [-0.3, -0.25) is 0 Å². The van der Waals surface area contributed by atoms with Gasteiger partial charge >= 0.3 is 0 Å². The zero-order chi connectivity index (χ0) is 14.5. The topological polar surface area (TPSA) is 12.0 Å². The Morgan fingerprint density at radius 1 is 1.05 bits per heavy atom. The highest BCUT2D eigenvalue weighted by Crippen LogP contribution is 2.27. The Morgan fingerprint density at radius 2 is 1.80 bits per heavy atom. The number of benzene rings is 2. The van der Waals surface area contributed by atoms with Crippen molar-refractivity contribution in [3.63, 3.8) is 0 Å². The third-order valence-electron chi connectivity index (χ3n) is 3.56. The van der Waals surface area contributed by atoms with Crippen molar-refractivity contribution < 1.29 is 4.39 Å². The number of nitrogens with one attached hydrogen (secondary N) is 1. The summed E-state index contributed by atoms with van der Waals surface area (Å²) in [7, 11) is 0. The second kappa shape index (κ2) is 6.67. The summed E-state index contributed by atoms with van der Waals surface area (Å²) in [6.07, 6.45) is 1.02. The molecule has 0 aromatic heterocycles. The highest BCUT2D eigenvalue weighted by atomic mass is 19.1. The van der Waals surface area contributed by atoms with E-state index in [-0.39, 0.29) is 11.9 Å². The van der Waals surface area contributed by atoms with Gasteiger partial charge < -0.3 is 5.32 Å². The number of aryl methyl sites for hydroxylation is 2. The lowest BCUT2D eigenvalue weighted by molar-refractivity contribution is 0.545. The molecule has 0 radical (unpaired) electrons. The smallest absolute Gasteiger partial charge is 0.128 e. The van der Waals surface area contributed by atoms with Gasteiger partial charge in [0.15, 0.2) is 0 Å². The lowest BCUT2D eigenvalue weighted by atomic mass is 9.94. The van der Waals surface area contributed by atoms with Gasteiger partial charge in [-0.25, -0.2) is 4.39 Å². The molecule has 2 rings (SSSR count). The predicted molar refractivity (Wildman–Crippen MR) is 82.5 cm³/mol. The minimum absolute atomic E-state index is 0.0863. The van der Waals surface area contributed by atoms with Gasteiger partial charge in [0.2, 0.25) is 0 Å². The van der Waals surface area contributed by atoms with Crippen molar-refractivity contribution in [2.24, 2.45) is 0 Å². The Hall–Kier alpha value is -1.67. The first-order chi connectivity index (χ1) is 9.63. The maximum Gasteiger partial charge on any atom is 0.128 e. The number of halogens is 1. The van der Waals surface area contributed by atoms with Gasteiger partial charge in [-0.1, -0.05) is 43.3 Å². The normalized spacial score (nSPS) is 12.4. The summed E-state index contributed by atoms with van der Waals surface area (Å²) in [6, 6.07) is 13.5. The SMILES string of the molecule is CCCNC(c1ccccc1C)c1ccc(C)cc1F. The Bertz CT molecular complexity index is 577. The first kappa shape index (κ1) is 14.7. The molecule has 0 saturated heterocycles. The molecule has 106 valence electrons. The van der Waals surface area contributed by atoms with E-state index >= 15 is 0 Å². The van der Waals surface area contributed by atoms with E-state index in [2.05, 4.69) is 31.3 Å². The van der Waals surface area contributed by atoms with Crippen LogP contribution in [0.4, 0.5) is 4.39 Å². The van der Waals surface area contributed by atoms with Crippen LogP contribution in [0.25, 0.3) is 0 Å². The molecule has 0 fully saturated rings. The summed E-state index contributed by atoms with van der Waals surface area (Å²) < 4.78 is 14.3. The lowest BCUT2D eigenvalue weighted by Gasteiger charge is -2.22. The van der Waals surface area contributed by atoms with E-state index in [9.17, 15) is 4.39 Å². The number of hydrogen-bond donors (Lipinski definition) is 1. The molecule has 1 N–H and O–H groups in total. The maximum absolute atomic E-state index is 14.3. The van der Waals surface area contributed by atoms with Gasteiger partial charge in [0.05, 0.1) is 6.04 Å². The molecule has 20 heavy (non-hydrogen) atoms. The molecule has 0 aliphatic heterocycles. The van der Waals surface area contributed by atoms with Gasteiger partial charge in [-0.05, 0) is 49.6 Å². The Morgan fingerprint density at radius 3 is 2.45 bits per heavy atom. The van der Waals surface area contributed by atoms with Gasteiger partial charge in [0, 0.05) is 5.56 Å². The zero-order valence-corrected chi connectivity index (χ0v) is 12.4. The van der Waals surface area contributed by atoms with Crippen LogP contribution in [0.15, 0.2) is 42.5 Å². The number of rotatable bonds is 5. The minimum atomic E-state index is -0.137. The van der Waals surface area contributed by atoms with E-state index in [0.29, 0.717) is 0 Å². The van der Waals surface area contributed by atoms with E-state index in [1.807, 2.05) is 31.2 Å². The van der Waals surface area contributed by atoms with Crippen molar-refractivity contribution >= 4 is 0 Å². The quantitative estimate of drug-likeness (QED) is 0.842. The summed E-state index contributed by atoms with van der Waals surface area (Å²) in [5.74, 6) is -0.137. The third-order valence-corrected chi connectivity index (χ3v) is 3.56. The summed E-state index contributed by atoms with van der Waals surface area (Å²) >= 11 is 0. The molecule has 1 unspecified atom stereocenters. The van der Waals surface area contributed by atoms with E-state index in [1.165, 1.54) is 5.56 Å². The Labute approximate surface area is 120 Å². The Kier molecular flexibility index (Phi) is 4.91. The fraction of sp³-hybridized carbons (Fsp3) is 0.333. The van der Waals surface area contributed by atoms with Crippen LogP contribution in [0.1, 0.15) is 41.6 Å². The van der Waals surface area contributed by atoms with Crippen molar-refractivity contribution in [2.45, 2.75) is 33.2 Å². The molecule has 0 amide bonds. The molecular weight excluding hydrogens is 249 g/mol. The van der Waals surface area contributed by atoms with E-state index < -0.39 is 0 Å². The maximum atomic E-state index is 14.3. The van der Waals surface area contributed by atoms with Gasteiger partial charge in [0.1, 0.15) is 5.82 Å². The van der Waals surface area contributed by atoms with Crippen molar-refractivity contribution in [1.29, 1.82) is 0 Å². The molecule has 0 aliphatic carbocycles. The summed E-state index contributed by atoms with van der Waals surface area (Å²) in [6.45, 7) is 6.97. The fourth-order valence-electron chi connectivity index (χ4n) is 2.45. The van der Waals surface area contributed by atoms with Crippen LogP contribution in [0.2, 0.25) is 0 Å². The van der Waals surface area contributed by atoms with Crippen LogP contribution in [0.5, 0.6) is 0 Å². The molecule has 2 aromatic rings. The average Bonchev–Trinajstić information content (AvgIpc) is 2.42. The van der Waals surface area contributed by atoms with Gasteiger partial charge in [-0.15, -0.1) is 0 Å². The second-order valence-corrected chi connectivity index (χ2v) is 5.27. The summed E-state index contributed by atoms with van der Waals surface area (Å²) in [4.78, 5) is 0. The largest absolute Gasteiger partial charge is 0.306 e. The van der Waals surface area contributed by atoms with Crippen LogP contribution in [-0.4, -0.2) is 6.54 Å². The third kappa shape index (κ3) is 3.26. The van der Waals surface area contributed by atoms with E-state index in [4.69, 9.17) is 0 Å².